The Morgan fingerprint density at radius 3 is 2.44 bits per heavy atom. The maximum atomic E-state index is 16.0. The fourth-order valence-corrected chi connectivity index (χ4v) is 7.27. The van der Waals surface area contributed by atoms with Gasteiger partial charge in [0.2, 0.25) is 5.78 Å². The number of allylic oxidation sites excluding steroid dienone is 1. The number of amides is 1. The maximum absolute atomic E-state index is 16.0. The fraction of sp³-hybridized carbons (Fsp3) is 0.607. The molecule has 11 heteroatoms. The first-order valence-corrected chi connectivity index (χ1v) is 13.5. The van der Waals surface area contributed by atoms with Crippen molar-refractivity contribution in [3.8, 4) is 0 Å². The average molecular weight is 546 g/mol. The number of aliphatic hydroxyl groups excluding tert-OH is 3. The first-order valence-electron chi connectivity index (χ1n) is 13.5. The van der Waals surface area contributed by atoms with Crippen molar-refractivity contribution in [1.82, 2.24) is 9.80 Å². The van der Waals surface area contributed by atoms with Gasteiger partial charge in [0.1, 0.15) is 22.9 Å². The van der Waals surface area contributed by atoms with E-state index in [9.17, 15) is 34.8 Å². The Morgan fingerprint density at radius 1 is 1.23 bits per heavy atom. The van der Waals surface area contributed by atoms with E-state index in [0.29, 0.717) is 18.2 Å². The summed E-state index contributed by atoms with van der Waals surface area (Å²) in [5.74, 6) is -8.67. The van der Waals surface area contributed by atoms with E-state index in [4.69, 9.17) is 5.73 Å². The highest BCUT2D eigenvalue weighted by Gasteiger charge is 2.64. The second-order valence-electron chi connectivity index (χ2n) is 11.6. The van der Waals surface area contributed by atoms with E-state index < -0.39 is 75.9 Å². The van der Waals surface area contributed by atoms with Crippen molar-refractivity contribution in [3.63, 3.8) is 0 Å². The topological polar surface area (TPSA) is 165 Å². The second-order valence-corrected chi connectivity index (χ2v) is 11.6. The van der Waals surface area contributed by atoms with Gasteiger partial charge in [-0.1, -0.05) is 13.3 Å². The summed E-state index contributed by atoms with van der Waals surface area (Å²) in [5.41, 5.74) is 2.01. The minimum atomic E-state index is -2.70. The van der Waals surface area contributed by atoms with Crippen LogP contribution in [0.25, 0.3) is 0 Å². The summed E-state index contributed by atoms with van der Waals surface area (Å²) in [6, 6.07) is -0.726. The van der Waals surface area contributed by atoms with Gasteiger partial charge in [-0.15, -0.1) is 0 Å². The molecule has 212 valence electrons. The lowest BCUT2D eigenvalue weighted by Gasteiger charge is -2.51. The van der Waals surface area contributed by atoms with Crippen molar-refractivity contribution < 1.29 is 39.2 Å². The van der Waals surface area contributed by atoms with Crippen LogP contribution in [0.3, 0.4) is 0 Å². The Hall–Kier alpha value is -2.86. The van der Waals surface area contributed by atoms with Crippen molar-refractivity contribution in [2.45, 2.75) is 62.8 Å². The molecule has 2 unspecified atom stereocenters. The van der Waals surface area contributed by atoms with E-state index in [1.165, 1.54) is 11.0 Å². The monoisotopic (exact) mass is 545 g/mol. The van der Waals surface area contributed by atoms with Gasteiger partial charge in [-0.05, 0) is 63.9 Å². The lowest BCUT2D eigenvalue weighted by atomic mass is 9.56. The minimum Gasteiger partial charge on any atom is -0.510 e. The van der Waals surface area contributed by atoms with Crippen LogP contribution in [0.4, 0.5) is 4.39 Å². The number of halogens is 1. The van der Waals surface area contributed by atoms with Crippen LogP contribution in [0, 0.1) is 17.8 Å². The van der Waals surface area contributed by atoms with Crippen LogP contribution in [-0.4, -0.2) is 98.7 Å². The number of nitrogens with zero attached hydrogens (tertiary/aromatic N) is 2. The average Bonchev–Trinajstić information content (AvgIpc) is 2.82. The molecule has 1 amide bonds. The standard InChI is InChI=1S/C28H36FN3O7/c1-4-32(14-6-5-7-14)11-13-10-17(33)19-15(21(13)29)8-12-9-16-22(31(2)3)24(35)20(27(30)38)26(37)28(16,39)25(36)18(12)23(19)34/h10,12,14,16-17,19,22,33,35-36,39H,4-9,11H2,1-3H3,(H2,30,38)/t12-,16-,17?,19?,22-,28-/m0/s1. The molecule has 0 aliphatic heterocycles. The highest BCUT2D eigenvalue weighted by Crippen LogP contribution is 2.54. The van der Waals surface area contributed by atoms with E-state index in [-0.39, 0.29) is 24.0 Å². The van der Waals surface area contributed by atoms with Crippen molar-refractivity contribution in [3.05, 3.63) is 45.7 Å². The van der Waals surface area contributed by atoms with Crippen molar-refractivity contribution in [1.29, 1.82) is 0 Å². The SMILES string of the molecule is CCN(CC1=CC(O)C2C(=O)C3=C(O)[C@]4(O)C(=O)C(C(N)=O)=C(O)[C@@H](N(C)C)[C@@H]4C[C@@H]3CC2=C1F)C1CCC1. The molecule has 5 aliphatic rings. The Labute approximate surface area is 225 Å². The lowest BCUT2D eigenvalue weighted by molar-refractivity contribution is -0.149. The normalized spacial score (nSPS) is 35.2. The van der Waals surface area contributed by atoms with Crippen LogP contribution < -0.4 is 5.73 Å². The summed E-state index contributed by atoms with van der Waals surface area (Å²) in [7, 11) is 3.12. The molecule has 0 saturated heterocycles. The van der Waals surface area contributed by atoms with Gasteiger partial charge >= 0.3 is 0 Å². The van der Waals surface area contributed by atoms with Crippen LogP contribution in [0.2, 0.25) is 0 Å². The Kier molecular flexibility index (Phi) is 6.85. The zero-order valence-corrected chi connectivity index (χ0v) is 22.4. The van der Waals surface area contributed by atoms with Crippen LogP contribution in [0.1, 0.15) is 39.0 Å². The van der Waals surface area contributed by atoms with Gasteiger partial charge in [0.05, 0.1) is 18.1 Å². The van der Waals surface area contributed by atoms with Crippen LogP contribution in [0.5, 0.6) is 0 Å². The Bertz CT molecular complexity index is 1260. The molecular weight excluding hydrogens is 509 g/mol. The summed E-state index contributed by atoms with van der Waals surface area (Å²) < 4.78 is 16.0. The molecule has 5 aliphatic carbocycles. The molecule has 2 saturated carbocycles. The highest BCUT2D eigenvalue weighted by molar-refractivity contribution is 6.24. The molecule has 0 aromatic carbocycles. The number of Topliss-reactive ketones (excluding diaryl/α,β-unsaturated/α-hetero) is 2. The number of hydrogen-bond donors (Lipinski definition) is 5. The van der Waals surface area contributed by atoms with E-state index >= 15 is 4.39 Å². The van der Waals surface area contributed by atoms with E-state index in [2.05, 4.69) is 4.90 Å². The van der Waals surface area contributed by atoms with Gasteiger partial charge in [0, 0.05) is 29.7 Å². The molecule has 6 atom stereocenters. The largest absolute Gasteiger partial charge is 0.510 e. The number of carbonyl (C=O) groups excluding carboxylic acids is 3. The molecule has 0 aromatic rings. The Balaban J connectivity index is 1.56. The molecule has 0 radical (unpaired) electrons. The summed E-state index contributed by atoms with van der Waals surface area (Å²) >= 11 is 0. The van der Waals surface area contributed by atoms with Gasteiger partial charge in [-0.25, -0.2) is 4.39 Å². The maximum Gasteiger partial charge on any atom is 0.255 e. The van der Waals surface area contributed by atoms with E-state index in [1.807, 2.05) is 6.92 Å². The number of carbonyl (C=O) groups is 3. The third kappa shape index (κ3) is 3.93. The molecule has 0 heterocycles. The van der Waals surface area contributed by atoms with Crippen molar-refractivity contribution in [2.75, 3.05) is 27.2 Å². The van der Waals surface area contributed by atoms with Crippen molar-refractivity contribution >= 4 is 17.5 Å². The van der Waals surface area contributed by atoms with Gasteiger partial charge in [-0.2, -0.15) is 0 Å². The third-order valence-corrected chi connectivity index (χ3v) is 9.43. The molecule has 39 heavy (non-hydrogen) atoms. The fourth-order valence-electron chi connectivity index (χ4n) is 7.27. The van der Waals surface area contributed by atoms with Gasteiger partial charge in [-0.3, -0.25) is 24.2 Å². The summed E-state index contributed by atoms with van der Waals surface area (Å²) in [6.07, 6.45) is 3.12. The quantitative estimate of drug-likeness (QED) is 0.306. The van der Waals surface area contributed by atoms with E-state index in [0.717, 1.165) is 25.8 Å². The van der Waals surface area contributed by atoms with Gasteiger partial charge < -0.3 is 26.2 Å². The highest BCUT2D eigenvalue weighted by atomic mass is 19.1. The number of likely N-dealkylation sites (N-methyl/N-ethyl adjacent to an activating group) is 2. The third-order valence-electron chi connectivity index (χ3n) is 9.43. The molecule has 6 N–H and O–H groups in total. The molecule has 0 bridgehead atoms. The predicted octanol–water partition coefficient (Wildman–Crippen LogP) is 0.964. The number of ketones is 2. The van der Waals surface area contributed by atoms with Crippen molar-refractivity contribution in [2.24, 2.45) is 23.5 Å². The molecule has 2 fully saturated rings. The summed E-state index contributed by atoms with van der Waals surface area (Å²) in [6.45, 7) is 3.03. The molecule has 10 nitrogen and oxygen atoms in total. The number of aliphatic hydroxyl groups is 4. The lowest BCUT2D eigenvalue weighted by Crippen LogP contribution is -2.64. The van der Waals surface area contributed by atoms with Crippen LogP contribution >= 0.6 is 0 Å². The first-order chi connectivity index (χ1) is 18.3. The smallest absolute Gasteiger partial charge is 0.255 e. The second kappa shape index (κ2) is 9.65. The van der Waals surface area contributed by atoms with E-state index in [1.54, 1.807) is 14.1 Å². The number of fused-ring (bicyclic) bond motifs is 3. The number of primary amides is 1. The van der Waals surface area contributed by atoms with Crippen LogP contribution in [-0.2, 0) is 14.4 Å². The zero-order valence-electron chi connectivity index (χ0n) is 22.4. The van der Waals surface area contributed by atoms with Gasteiger partial charge in [0.25, 0.3) is 5.91 Å². The minimum absolute atomic E-state index is 0.0142. The predicted molar refractivity (Wildman–Crippen MR) is 138 cm³/mol. The zero-order chi connectivity index (χ0) is 28.5. The number of nitrogens with two attached hydrogens (primary N) is 1. The first kappa shape index (κ1) is 27.7. The summed E-state index contributed by atoms with van der Waals surface area (Å²) in [5, 5.41) is 44.8. The molecule has 0 aromatic heterocycles. The number of rotatable bonds is 6. The number of hydrogen-bond acceptors (Lipinski definition) is 9. The molecule has 0 spiro atoms. The molecule has 5 rings (SSSR count). The van der Waals surface area contributed by atoms with Gasteiger partial charge in [0.15, 0.2) is 11.4 Å². The molecular formula is C28H36FN3O7. The van der Waals surface area contributed by atoms with Crippen LogP contribution in [0.15, 0.2) is 45.7 Å². The Morgan fingerprint density at radius 2 is 1.90 bits per heavy atom. The summed E-state index contributed by atoms with van der Waals surface area (Å²) in [4.78, 5) is 42.8.